The molecule has 2 heterocycles. The highest BCUT2D eigenvalue weighted by molar-refractivity contribution is 7.13. The number of hydrogen-bond donors (Lipinski definition) is 1. The van der Waals surface area contributed by atoms with Gasteiger partial charge in [0, 0.05) is 15.8 Å². The molecule has 7 heteroatoms. The average Bonchev–Trinajstić information content (AvgIpc) is 3.33. The van der Waals surface area contributed by atoms with Gasteiger partial charge in [-0.25, -0.2) is 4.98 Å². The summed E-state index contributed by atoms with van der Waals surface area (Å²) in [6.07, 6.45) is 0.278. The SMILES string of the molecule is COC(=O)CC(NC(=O)Cc1csc(-c2cccc(C)c2)n1)c1cccs1. The van der Waals surface area contributed by atoms with E-state index in [2.05, 4.69) is 16.4 Å². The van der Waals surface area contributed by atoms with Crippen LogP contribution >= 0.6 is 22.7 Å². The van der Waals surface area contributed by atoms with Gasteiger partial charge in [0.15, 0.2) is 0 Å². The third kappa shape index (κ3) is 5.24. The molecule has 1 amide bonds. The van der Waals surface area contributed by atoms with Crippen LogP contribution in [-0.4, -0.2) is 24.0 Å². The lowest BCUT2D eigenvalue weighted by Gasteiger charge is -2.16. The molecule has 3 rings (SSSR count). The normalized spacial score (nSPS) is 11.8. The molecule has 3 aromatic rings. The Morgan fingerprint density at radius 3 is 2.78 bits per heavy atom. The molecule has 0 aliphatic carbocycles. The van der Waals surface area contributed by atoms with Crippen LogP contribution in [0.4, 0.5) is 0 Å². The average molecular weight is 401 g/mol. The van der Waals surface area contributed by atoms with Gasteiger partial charge < -0.3 is 10.1 Å². The molecule has 0 saturated heterocycles. The van der Waals surface area contributed by atoms with E-state index < -0.39 is 0 Å². The van der Waals surface area contributed by atoms with Crippen LogP contribution in [0.25, 0.3) is 10.6 Å². The number of nitrogens with zero attached hydrogens (tertiary/aromatic N) is 1. The summed E-state index contributed by atoms with van der Waals surface area (Å²) >= 11 is 3.02. The first kappa shape index (κ1) is 19.3. The zero-order valence-electron chi connectivity index (χ0n) is 15.1. The summed E-state index contributed by atoms with van der Waals surface area (Å²) in [4.78, 5) is 29.7. The second-order valence-electron chi connectivity index (χ2n) is 6.11. The van der Waals surface area contributed by atoms with Gasteiger partial charge in [0.05, 0.1) is 31.7 Å². The molecule has 0 radical (unpaired) electrons. The van der Waals surface area contributed by atoms with Crippen molar-refractivity contribution < 1.29 is 14.3 Å². The number of benzene rings is 1. The van der Waals surface area contributed by atoms with Crippen molar-refractivity contribution in [3.63, 3.8) is 0 Å². The lowest BCUT2D eigenvalue weighted by atomic mass is 10.1. The van der Waals surface area contributed by atoms with Crippen molar-refractivity contribution in [2.45, 2.75) is 25.8 Å². The molecule has 0 fully saturated rings. The molecule has 1 aromatic carbocycles. The maximum Gasteiger partial charge on any atom is 0.307 e. The van der Waals surface area contributed by atoms with Crippen LogP contribution in [0, 0.1) is 6.92 Å². The zero-order valence-corrected chi connectivity index (χ0v) is 16.7. The minimum atomic E-state index is -0.389. The fraction of sp³-hybridized carbons (Fsp3) is 0.250. The quantitative estimate of drug-likeness (QED) is 0.605. The highest BCUT2D eigenvalue weighted by Crippen LogP contribution is 2.25. The fourth-order valence-electron chi connectivity index (χ4n) is 2.67. The molecule has 0 aliphatic heterocycles. The zero-order chi connectivity index (χ0) is 19.2. The van der Waals surface area contributed by atoms with Gasteiger partial charge in [-0.1, -0.05) is 29.8 Å². The molecule has 1 N–H and O–H groups in total. The monoisotopic (exact) mass is 400 g/mol. The number of rotatable bonds is 7. The van der Waals surface area contributed by atoms with Gasteiger partial charge in [-0.3, -0.25) is 9.59 Å². The summed E-state index contributed by atoms with van der Waals surface area (Å²) in [5.41, 5.74) is 2.94. The molecule has 0 bridgehead atoms. The second kappa shape index (κ2) is 8.92. The molecule has 0 saturated carbocycles. The van der Waals surface area contributed by atoms with Gasteiger partial charge in [0.2, 0.25) is 5.91 Å². The topological polar surface area (TPSA) is 68.3 Å². The van der Waals surface area contributed by atoms with E-state index in [1.165, 1.54) is 35.3 Å². The summed E-state index contributed by atoms with van der Waals surface area (Å²) in [5.74, 6) is -0.525. The summed E-state index contributed by atoms with van der Waals surface area (Å²) in [5, 5.41) is 7.64. The number of ether oxygens (including phenoxy) is 1. The molecule has 140 valence electrons. The Morgan fingerprint density at radius 2 is 2.07 bits per heavy atom. The number of aromatic nitrogens is 1. The van der Waals surface area contributed by atoms with Crippen molar-refractivity contribution in [3.05, 3.63) is 63.3 Å². The maximum atomic E-state index is 12.5. The number of thiophene rings is 1. The number of carbonyl (C=O) groups excluding carboxylic acids is 2. The molecular formula is C20H20N2O3S2. The number of methoxy groups -OCH3 is 1. The lowest BCUT2D eigenvalue weighted by Crippen LogP contribution is -2.31. The van der Waals surface area contributed by atoms with E-state index in [1.54, 1.807) is 0 Å². The molecule has 1 atom stereocenters. The summed E-state index contributed by atoms with van der Waals surface area (Å²) < 4.78 is 4.74. The summed E-state index contributed by atoms with van der Waals surface area (Å²) in [6.45, 7) is 2.04. The number of carbonyl (C=O) groups is 2. The van der Waals surface area contributed by atoms with Crippen LogP contribution in [0.3, 0.4) is 0 Å². The molecule has 27 heavy (non-hydrogen) atoms. The predicted octanol–water partition coefficient (Wildman–Crippen LogP) is 4.14. The summed E-state index contributed by atoms with van der Waals surface area (Å²) in [6, 6.07) is 11.5. The summed E-state index contributed by atoms with van der Waals surface area (Å²) in [7, 11) is 1.34. The fourth-order valence-corrected chi connectivity index (χ4v) is 4.27. The van der Waals surface area contributed by atoms with Gasteiger partial charge in [-0.2, -0.15) is 0 Å². The third-order valence-electron chi connectivity index (χ3n) is 3.98. The van der Waals surface area contributed by atoms with E-state index in [4.69, 9.17) is 4.74 Å². The number of aryl methyl sites for hydroxylation is 1. The predicted molar refractivity (Wildman–Crippen MR) is 108 cm³/mol. The van der Waals surface area contributed by atoms with Crippen molar-refractivity contribution in [2.75, 3.05) is 7.11 Å². The Balaban J connectivity index is 1.66. The van der Waals surface area contributed by atoms with Crippen molar-refractivity contribution in [2.24, 2.45) is 0 Å². The van der Waals surface area contributed by atoms with Gasteiger partial charge in [-0.05, 0) is 24.4 Å². The molecule has 5 nitrogen and oxygen atoms in total. The Bertz CT molecular complexity index is 919. The van der Waals surface area contributed by atoms with Crippen LogP contribution < -0.4 is 5.32 Å². The number of thiazole rings is 1. The molecule has 2 aromatic heterocycles. The maximum absolute atomic E-state index is 12.5. The van der Waals surface area contributed by atoms with Gasteiger partial charge in [0.1, 0.15) is 5.01 Å². The van der Waals surface area contributed by atoms with Gasteiger partial charge >= 0.3 is 5.97 Å². The molecule has 0 spiro atoms. The van der Waals surface area contributed by atoms with E-state index in [0.717, 1.165) is 21.1 Å². The first-order chi connectivity index (χ1) is 13.0. The van der Waals surface area contributed by atoms with E-state index in [0.29, 0.717) is 0 Å². The molecular weight excluding hydrogens is 380 g/mol. The Hall–Kier alpha value is -2.51. The van der Waals surface area contributed by atoms with Crippen molar-refractivity contribution in [3.8, 4) is 10.6 Å². The van der Waals surface area contributed by atoms with E-state index in [9.17, 15) is 9.59 Å². The lowest BCUT2D eigenvalue weighted by molar-refractivity contribution is -0.141. The van der Waals surface area contributed by atoms with E-state index >= 15 is 0 Å². The van der Waals surface area contributed by atoms with Gasteiger partial charge in [0.25, 0.3) is 0 Å². The van der Waals surface area contributed by atoms with Crippen molar-refractivity contribution in [1.29, 1.82) is 0 Å². The van der Waals surface area contributed by atoms with Crippen LogP contribution in [0.2, 0.25) is 0 Å². The number of nitrogens with one attached hydrogen (secondary N) is 1. The largest absolute Gasteiger partial charge is 0.469 e. The number of esters is 1. The highest BCUT2D eigenvalue weighted by Gasteiger charge is 2.20. The minimum absolute atomic E-state index is 0.106. The standard InChI is InChI=1S/C20H20N2O3S2/c1-13-5-3-6-14(9-13)20-21-15(12-27-20)10-18(23)22-16(11-19(24)25-2)17-7-4-8-26-17/h3-9,12,16H,10-11H2,1-2H3,(H,22,23). The van der Waals surface area contributed by atoms with E-state index in [1.807, 2.05) is 48.0 Å². The third-order valence-corrected chi connectivity index (χ3v) is 5.90. The Kier molecular flexibility index (Phi) is 6.36. The van der Waals surface area contributed by atoms with Gasteiger partial charge in [-0.15, -0.1) is 22.7 Å². The van der Waals surface area contributed by atoms with Crippen molar-refractivity contribution in [1.82, 2.24) is 10.3 Å². The number of hydrogen-bond acceptors (Lipinski definition) is 6. The Labute approximate surface area is 166 Å². The Morgan fingerprint density at radius 1 is 1.22 bits per heavy atom. The van der Waals surface area contributed by atoms with E-state index in [-0.39, 0.29) is 30.8 Å². The van der Waals surface area contributed by atoms with Crippen LogP contribution in [0.5, 0.6) is 0 Å². The van der Waals surface area contributed by atoms with Crippen LogP contribution in [0.1, 0.15) is 28.6 Å². The van der Waals surface area contributed by atoms with Crippen LogP contribution in [0.15, 0.2) is 47.2 Å². The molecule has 1 unspecified atom stereocenters. The van der Waals surface area contributed by atoms with Crippen molar-refractivity contribution >= 4 is 34.6 Å². The smallest absolute Gasteiger partial charge is 0.307 e. The highest BCUT2D eigenvalue weighted by atomic mass is 32.1. The number of amides is 1. The first-order valence-electron chi connectivity index (χ1n) is 8.46. The minimum Gasteiger partial charge on any atom is -0.469 e. The second-order valence-corrected chi connectivity index (χ2v) is 7.94. The molecule has 0 aliphatic rings. The first-order valence-corrected chi connectivity index (χ1v) is 10.2. The van der Waals surface area contributed by atoms with Crippen LogP contribution in [-0.2, 0) is 20.7 Å².